The first-order valence-electron chi connectivity index (χ1n) is 10.7. The Balaban J connectivity index is 3.10. The van der Waals surface area contributed by atoms with Gasteiger partial charge in [0.05, 0.1) is 11.4 Å². The first-order valence-corrected chi connectivity index (χ1v) is 10.7. The first kappa shape index (κ1) is 24.6. The summed E-state index contributed by atoms with van der Waals surface area (Å²) in [4.78, 5) is 9.28. The molecule has 1 rings (SSSR count). The second-order valence-corrected chi connectivity index (χ2v) is 8.12. The standard InChI is InChI=1S/C26H39N3/c1-10-12-13-23-16-22(18(3)4)14-15-24(23)17-28-21(9)26(27-11-2)25(19(5)6)29-20(7)8/h11,14-16,19-20,28H,2-3,9-10,12-13,17H2,1,4-8H3. The number of benzene rings is 1. The number of hydrogen-bond donors (Lipinski definition) is 1. The summed E-state index contributed by atoms with van der Waals surface area (Å²) in [5, 5.41) is 3.48. The van der Waals surface area contributed by atoms with Crippen LogP contribution in [0.25, 0.3) is 5.57 Å². The predicted molar refractivity (Wildman–Crippen MR) is 131 cm³/mol. The minimum atomic E-state index is 0.200. The Morgan fingerprint density at radius 2 is 1.83 bits per heavy atom. The zero-order valence-electron chi connectivity index (χ0n) is 19.3. The molecule has 3 nitrogen and oxygen atoms in total. The fraction of sp³-hybridized carbons (Fsp3) is 0.462. The molecule has 3 heteroatoms. The Morgan fingerprint density at radius 3 is 2.34 bits per heavy atom. The molecule has 0 saturated heterocycles. The van der Waals surface area contributed by atoms with E-state index in [0.29, 0.717) is 6.54 Å². The summed E-state index contributed by atoms with van der Waals surface area (Å²) in [6.07, 6.45) is 4.99. The molecule has 0 amide bonds. The van der Waals surface area contributed by atoms with E-state index in [2.05, 4.69) is 89.8 Å². The van der Waals surface area contributed by atoms with Gasteiger partial charge in [-0.05, 0) is 56.2 Å². The van der Waals surface area contributed by atoms with Gasteiger partial charge in [0.25, 0.3) is 0 Å². The quantitative estimate of drug-likeness (QED) is 0.391. The maximum atomic E-state index is 4.79. The largest absolute Gasteiger partial charge is 0.380 e. The third kappa shape index (κ3) is 7.84. The van der Waals surface area contributed by atoms with Crippen LogP contribution in [-0.4, -0.2) is 17.5 Å². The summed E-state index contributed by atoms with van der Waals surface area (Å²) >= 11 is 0. The van der Waals surface area contributed by atoms with Crippen molar-refractivity contribution in [3.05, 3.63) is 66.5 Å². The van der Waals surface area contributed by atoms with Gasteiger partial charge in [-0.25, -0.2) is 0 Å². The highest BCUT2D eigenvalue weighted by molar-refractivity contribution is 6.48. The van der Waals surface area contributed by atoms with Gasteiger partial charge in [-0.1, -0.05) is 70.7 Å². The number of aliphatic imine (C=N–C) groups is 2. The number of hydrogen-bond acceptors (Lipinski definition) is 3. The second-order valence-electron chi connectivity index (χ2n) is 8.12. The van der Waals surface area contributed by atoms with Crippen LogP contribution in [0, 0.1) is 5.92 Å². The van der Waals surface area contributed by atoms with Gasteiger partial charge >= 0.3 is 0 Å². The fourth-order valence-electron chi connectivity index (χ4n) is 3.10. The smallest absolute Gasteiger partial charge is 0.107 e. The van der Waals surface area contributed by atoms with Crippen LogP contribution in [0.3, 0.4) is 0 Å². The van der Waals surface area contributed by atoms with Crippen LogP contribution in [0.5, 0.6) is 0 Å². The number of allylic oxidation sites excluding steroid dienone is 2. The van der Waals surface area contributed by atoms with Crippen LogP contribution in [-0.2, 0) is 13.0 Å². The van der Waals surface area contributed by atoms with Crippen LogP contribution in [0.15, 0.2) is 59.8 Å². The zero-order chi connectivity index (χ0) is 22.0. The molecule has 0 unspecified atom stereocenters. The molecule has 1 N–H and O–H groups in total. The summed E-state index contributed by atoms with van der Waals surface area (Å²) in [5.74, 6) is 0.254. The third-order valence-electron chi connectivity index (χ3n) is 4.68. The SMILES string of the molecule is C=CN=C(C(=C)NCc1ccc(C(=C)C)cc1CCCC)C(=NC(C)C)C(C)C. The number of unbranched alkanes of at least 4 members (excludes halogenated alkanes) is 1. The molecule has 0 bridgehead atoms. The summed E-state index contributed by atoms with van der Waals surface area (Å²) in [6, 6.07) is 6.82. The highest BCUT2D eigenvalue weighted by Gasteiger charge is 2.17. The van der Waals surface area contributed by atoms with E-state index >= 15 is 0 Å². The number of rotatable bonds is 12. The van der Waals surface area contributed by atoms with Crippen molar-refractivity contribution in [1.82, 2.24) is 5.32 Å². The zero-order valence-corrected chi connectivity index (χ0v) is 19.3. The van der Waals surface area contributed by atoms with Crippen LogP contribution in [0.2, 0.25) is 0 Å². The molecule has 29 heavy (non-hydrogen) atoms. The molecule has 1 aromatic carbocycles. The van der Waals surface area contributed by atoms with E-state index in [4.69, 9.17) is 4.99 Å². The van der Waals surface area contributed by atoms with Crippen molar-refractivity contribution in [2.24, 2.45) is 15.9 Å². The molecule has 1 aromatic rings. The average Bonchev–Trinajstić information content (AvgIpc) is 2.66. The van der Waals surface area contributed by atoms with Crippen molar-refractivity contribution >= 4 is 17.0 Å². The van der Waals surface area contributed by atoms with Crippen molar-refractivity contribution < 1.29 is 0 Å². The topological polar surface area (TPSA) is 36.8 Å². The van der Waals surface area contributed by atoms with Crippen LogP contribution in [0.1, 0.15) is 71.1 Å². The summed E-state index contributed by atoms with van der Waals surface area (Å²) in [5.41, 5.74) is 7.49. The summed E-state index contributed by atoms with van der Waals surface area (Å²) < 4.78 is 0. The molecule has 0 spiro atoms. The molecule has 0 heterocycles. The molecule has 0 aliphatic heterocycles. The normalized spacial score (nSPS) is 12.4. The number of aryl methyl sites for hydroxylation is 1. The molecule has 0 aromatic heterocycles. The molecule has 0 saturated carbocycles. The molecule has 0 aliphatic rings. The van der Waals surface area contributed by atoms with E-state index in [1.165, 1.54) is 29.5 Å². The highest BCUT2D eigenvalue weighted by atomic mass is 14.9. The van der Waals surface area contributed by atoms with E-state index in [1.807, 2.05) is 0 Å². The number of nitrogens with one attached hydrogen (secondary N) is 1. The predicted octanol–water partition coefficient (Wildman–Crippen LogP) is 6.76. The van der Waals surface area contributed by atoms with Crippen molar-refractivity contribution in [3.63, 3.8) is 0 Å². The van der Waals surface area contributed by atoms with Crippen LogP contribution >= 0.6 is 0 Å². The molecule has 0 aliphatic carbocycles. The molecule has 158 valence electrons. The molecule has 0 radical (unpaired) electrons. The molecular formula is C26H39N3. The van der Waals surface area contributed by atoms with Gasteiger partial charge in [-0.3, -0.25) is 9.98 Å². The average molecular weight is 394 g/mol. The van der Waals surface area contributed by atoms with Crippen LogP contribution < -0.4 is 5.32 Å². The maximum Gasteiger partial charge on any atom is 0.107 e. The summed E-state index contributed by atoms with van der Waals surface area (Å²) in [7, 11) is 0. The van der Waals surface area contributed by atoms with Crippen molar-refractivity contribution in [1.29, 1.82) is 0 Å². The van der Waals surface area contributed by atoms with Gasteiger partial charge < -0.3 is 5.32 Å². The maximum absolute atomic E-state index is 4.79. The van der Waals surface area contributed by atoms with Gasteiger partial charge in [-0.15, -0.1) is 0 Å². The molecule has 0 atom stereocenters. The lowest BCUT2D eigenvalue weighted by molar-refractivity contribution is 0.768. The number of nitrogens with zero attached hydrogens (tertiary/aromatic N) is 2. The third-order valence-corrected chi connectivity index (χ3v) is 4.68. The second kappa shape index (κ2) is 12.2. The van der Waals surface area contributed by atoms with E-state index in [-0.39, 0.29) is 12.0 Å². The Kier molecular flexibility index (Phi) is 10.4. The summed E-state index contributed by atoms with van der Waals surface area (Å²) in [6.45, 7) is 25.5. The Hall–Kier alpha value is -2.42. The highest BCUT2D eigenvalue weighted by Crippen LogP contribution is 2.20. The lowest BCUT2D eigenvalue weighted by Crippen LogP contribution is -2.30. The van der Waals surface area contributed by atoms with E-state index in [0.717, 1.165) is 29.1 Å². The van der Waals surface area contributed by atoms with Gasteiger partial charge in [0.1, 0.15) is 5.71 Å². The van der Waals surface area contributed by atoms with Gasteiger partial charge in [0.2, 0.25) is 0 Å². The van der Waals surface area contributed by atoms with Gasteiger partial charge in [0, 0.05) is 18.8 Å². The minimum absolute atomic E-state index is 0.200. The molecule has 0 fully saturated rings. The van der Waals surface area contributed by atoms with Crippen molar-refractivity contribution in [2.45, 2.75) is 73.4 Å². The van der Waals surface area contributed by atoms with Gasteiger partial charge in [0.15, 0.2) is 0 Å². The Labute approximate surface area is 178 Å². The molecular weight excluding hydrogens is 354 g/mol. The monoisotopic (exact) mass is 393 g/mol. The fourth-order valence-corrected chi connectivity index (χ4v) is 3.10. The van der Waals surface area contributed by atoms with Crippen LogP contribution in [0.4, 0.5) is 0 Å². The Bertz CT molecular complexity index is 779. The first-order chi connectivity index (χ1) is 13.7. The van der Waals surface area contributed by atoms with E-state index < -0.39 is 0 Å². The van der Waals surface area contributed by atoms with Gasteiger partial charge in [-0.2, -0.15) is 0 Å². The minimum Gasteiger partial charge on any atom is -0.380 e. The van der Waals surface area contributed by atoms with E-state index in [9.17, 15) is 0 Å². The lowest BCUT2D eigenvalue weighted by Gasteiger charge is -2.19. The van der Waals surface area contributed by atoms with Crippen molar-refractivity contribution in [2.75, 3.05) is 0 Å². The Morgan fingerprint density at radius 1 is 1.14 bits per heavy atom. The lowest BCUT2D eigenvalue weighted by atomic mass is 9.96. The van der Waals surface area contributed by atoms with E-state index in [1.54, 1.807) is 6.20 Å². The van der Waals surface area contributed by atoms with Crippen molar-refractivity contribution in [3.8, 4) is 0 Å².